The number of likely N-dealkylation sites (tertiary alicyclic amines) is 2. The van der Waals surface area contributed by atoms with Crippen LogP contribution in [-0.4, -0.2) is 64.0 Å². The minimum absolute atomic E-state index is 0.0291. The summed E-state index contributed by atoms with van der Waals surface area (Å²) in [6.45, 7) is 9.27. The molecule has 7 heteroatoms. The van der Waals surface area contributed by atoms with Gasteiger partial charge in [0.05, 0.1) is 11.3 Å². The highest BCUT2D eigenvalue weighted by Gasteiger charge is 2.30. The monoisotopic (exact) mass is 404 g/mol. The Morgan fingerprint density at radius 2 is 1.71 bits per heavy atom. The Labute approximate surface area is 172 Å². The van der Waals surface area contributed by atoms with Gasteiger partial charge in [0.1, 0.15) is 10.9 Å². The number of carbonyl (C=O) groups is 2. The van der Waals surface area contributed by atoms with Crippen LogP contribution in [0.15, 0.2) is 5.03 Å². The molecule has 0 saturated carbocycles. The van der Waals surface area contributed by atoms with Gasteiger partial charge in [-0.05, 0) is 44.8 Å². The molecule has 2 aliphatic rings. The van der Waals surface area contributed by atoms with E-state index in [0.29, 0.717) is 36.9 Å². The van der Waals surface area contributed by atoms with E-state index < -0.39 is 0 Å². The highest BCUT2D eigenvalue weighted by atomic mass is 32.2. The summed E-state index contributed by atoms with van der Waals surface area (Å²) in [5.41, 5.74) is 1.41. The Hall–Kier alpha value is -1.63. The number of hydrogen-bond acceptors (Lipinski definition) is 5. The summed E-state index contributed by atoms with van der Waals surface area (Å²) in [5, 5.41) is 0.771. The molecule has 0 unspecified atom stereocenters. The van der Waals surface area contributed by atoms with Gasteiger partial charge in [0.2, 0.25) is 5.91 Å². The van der Waals surface area contributed by atoms with E-state index in [1.807, 2.05) is 23.0 Å². The highest BCUT2D eigenvalue weighted by Crippen LogP contribution is 2.28. The van der Waals surface area contributed by atoms with Gasteiger partial charge in [-0.25, -0.2) is 9.97 Å². The van der Waals surface area contributed by atoms with Crippen molar-refractivity contribution in [1.82, 2.24) is 19.8 Å². The normalized spacial score (nSPS) is 18.2. The molecule has 2 fully saturated rings. The number of piperidine rings is 1. The number of thioether (sulfide) groups is 1. The second-order valence-corrected chi connectivity index (χ2v) is 9.03. The van der Waals surface area contributed by atoms with E-state index in [4.69, 9.17) is 0 Å². The SMILES string of the molecule is CSc1nc(C(C)C)nc(C)c1C(=O)N1CCC(CC(=O)N2CCCC2)CC1. The fourth-order valence-corrected chi connectivity index (χ4v) is 4.68. The molecule has 3 heterocycles. The quantitative estimate of drug-likeness (QED) is 0.555. The molecule has 0 atom stereocenters. The second-order valence-electron chi connectivity index (χ2n) is 8.23. The molecule has 0 aromatic carbocycles. The molecular formula is C21H32N4O2S. The molecular weight excluding hydrogens is 372 g/mol. The number of nitrogens with zero attached hydrogens (tertiary/aromatic N) is 4. The summed E-state index contributed by atoms with van der Waals surface area (Å²) < 4.78 is 0. The lowest BCUT2D eigenvalue weighted by Crippen LogP contribution is -2.40. The summed E-state index contributed by atoms with van der Waals surface area (Å²) in [6, 6.07) is 0. The predicted octanol–water partition coefficient (Wildman–Crippen LogP) is 3.50. The fraction of sp³-hybridized carbons (Fsp3) is 0.714. The molecule has 0 radical (unpaired) electrons. The van der Waals surface area contributed by atoms with Crippen LogP contribution in [-0.2, 0) is 4.79 Å². The topological polar surface area (TPSA) is 66.4 Å². The van der Waals surface area contributed by atoms with Gasteiger partial charge in [0.25, 0.3) is 5.91 Å². The van der Waals surface area contributed by atoms with Gasteiger partial charge < -0.3 is 9.80 Å². The average Bonchev–Trinajstić information content (AvgIpc) is 3.22. The number of carbonyl (C=O) groups excluding carboxylic acids is 2. The Balaban J connectivity index is 1.63. The Morgan fingerprint density at radius 3 is 2.29 bits per heavy atom. The maximum atomic E-state index is 13.2. The summed E-state index contributed by atoms with van der Waals surface area (Å²) >= 11 is 1.51. The second kappa shape index (κ2) is 9.25. The molecule has 1 aromatic rings. The lowest BCUT2D eigenvalue weighted by Gasteiger charge is -2.33. The smallest absolute Gasteiger partial charge is 0.258 e. The minimum Gasteiger partial charge on any atom is -0.343 e. The van der Waals surface area contributed by atoms with Crippen LogP contribution in [0.1, 0.15) is 73.7 Å². The summed E-state index contributed by atoms with van der Waals surface area (Å²) in [4.78, 5) is 38.7. The van der Waals surface area contributed by atoms with E-state index in [1.165, 1.54) is 11.8 Å². The summed E-state index contributed by atoms with van der Waals surface area (Å²) in [7, 11) is 0. The number of hydrogen-bond donors (Lipinski definition) is 0. The lowest BCUT2D eigenvalue weighted by atomic mass is 9.92. The first-order valence-electron chi connectivity index (χ1n) is 10.4. The van der Waals surface area contributed by atoms with Crippen LogP contribution >= 0.6 is 11.8 Å². The zero-order valence-corrected chi connectivity index (χ0v) is 18.3. The molecule has 3 rings (SSSR count). The van der Waals surface area contributed by atoms with Crippen LogP contribution in [0.5, 0.6) is 0 Å². The molecule has 0 N–H and O–H groups in total. The Bertz CT molecular complexity index is 723. The number of rotatable bonds is 5. The van der Waals surface area contributed by atoms with Gasteiger partial charge in [-0.15, -0.1) is 11.8 Å². The number of aryl methyl sites for hydroxylation is 1. The first-order valence-corrected chi connectivity index (χ1v) is 11.6. The third-order valence-electron chi connectivity index (χ3n) is 5.82. The molecule has 6 nitrogen and oxygen atoms in total. The molecule has 0 spiro atoms. The lowest BCUT2D eigenvalue weighted by molar-refractivity contribution is -0.131. The van der Waals surface area contributed by atoms with Crippen LogP contribution < -0.4 is 0 Å². The van der Waals surface area contributed by atoms with E-state index in [9.17, 15) is 9.59 Å². The van der Waals surface area contributed by atoms with Crippen molar-refractivity contribution in [3.63, 3.8) is 0 Å². The third-order valence-corrected chi connectivity index (χ3v) is 6.50. The van der Waals surface area contributed by atoms with Gasteiger partial charge in [0, 0.05) is 38.5 Å². The van der Waals surface area contributed by atoms with Crippen molar-refractivity contribution in [1.29, 1.82) is 0 Å². The van der Waals surface area contributed by atoms with Crippen LogP contribution in [0.3, 0.4) is 0 Å². The molecule has 28 heavy (non-hydrogen) atoms. The first-order chi connectivity index (χ1) is 13.4. The maximum absolute atomic E-state index is 13.2. The number of amides is 2. The van der Waals surface area contributed by atoms with Crippen LogP contribution in [0.2, 0.25) is 0 Å². The van der Waals surface area contributed by atoms with E-state index in [1.54, 1.807) is 0 Å². The van der Waals surface area contributed by atoms with Crippen LogP contribution in [0.25, 0.3) is 0 Å². The standard InChI is InChI=1S/C21H32N4O2S/c1-14(2)19-22-15(3)18(20(23-19)28-4)21(27)25-11-7-16(8-12-25)13-17(26)24-9-5-6-10-24/h14,16H,5-13H2,1-4H3. The van der Waals surface area contributed by atoms with Crippen LogP contribution in [0.4, 0.5) is 0 Å². The molecule has 2 aliphatic heterocycles. The molecule has 1 aromatic heterocycles. The van der Waals surface area contributed by atoms with Crippen molar-refractivity contribution < 1.29 is 9.59 Å². The van der Waals surface area contributed by atoms with Gasteiger partial charge in [-0.3, -0.25) is 9.59 Å². The largest absolute Gasteiger partial charge is 0.343 e. The van der Waals surface area contributed by atoms with E-state index in [2.05, 4.69) is 23.8 Å². The summed E-state index contributed by atoms with van der Waals surface area (Å²) in [5.74, 6) is 1.73. The van der Waals surface area contributed by atoms with Gasteiger partial charge in [0.15, 0.2) is 0 Å². The van der Waals surface area contributed by atoms with E-state index >= 15 is 0 Å². The molecule has 2 saturated heterocycles. The van der Waals surface area contributed by atoms with Crippen molar-refractivity contribution in [2.75, 3.05) is 32.4 Å². The highest BCUT2D eigenvalue weighted by molar-refractivity contribution is 7.98. The summed E-state index contributed by atoms with van der Waals surface area (Å²) in [6.07, 6.45) is 6.64. The van der Waals surface area contributed by atoms with Gasteiger partial charge in [-0.1, -0.05) is 13.8 Å². The van der Waals surface area contributed by atoms with Crippen molar-refractivity contribution in [2.24, 2.45) is 5.92 Å². The Kier molecular flexibility index (Phi) is 6.96. The van der Waals surface area contributed by atoms with E-state index in [-0.39, 0.29) is 11.8 Å². The predicted molar refractivity (Wildman–Crippen MR) is 112 cm³/mol. The maximum Gasteiger partial charge on any atom is 0.258 e. The van der Waals surface area contributed by atoms with Crippen molar-refractivity contribution >= 4 is 23.6 Å². The molecule has 2 amide bonds. The van der Waals surface area contributed by atoms with E-state index in [0.717, 1.165) is 55.3 Å². The number of aromatic nitrogens is 2. The zero-order valence-electron chi connectivity index (χ0n) is 17.5. The van der Waals surface area contributed by atoms with Crippen molar-refractivity contribution in [2.45, 2.75) is 63.8 Å². The minimum atomic E-state index is 0.0291. The first kappa shape index (κ1) is 21.1. The van der Waals surface area contributed by atoms with Crippen molar-refractivity contribution in [3.05, 3.63) is 17.1 Å². The Morgan fingerprint density at radius 1 is 1.07 bits per heavy atom. The van der Waals surface area contributed by atoms with Gasteiger partial charge >= 0.3 is 0 Å². The fourth-order valence-electron chi connectivity index (χ4n) is 4.06. The molecule has 0 bridgehead atoms. The van der Waals surface area contributed by atoms with Gasteiger partial charge in [-0.2, -0.15) is 0 Å². The van der Waals surface area contributed by atoms with Crippen molar-refractivity contribution in [3.8, 4) is 0 Å². The molecule has 0 aliphatic carbocycles. The molecule has 154 valence electrons. The third kappa shape index (κ3) is 4.67. The zero-order chi connectivity index (χ0) is 20.3. The average molecular weight is 405 g/mol. The van der Waals surface area contributed by atoms with Crippen LogP contribution in [0, 0.1) is 12.8 Å².